The number of non-ortho nitro benzene ring substituents is 1. The molecule has 1 atom stereocenters. The van der Waals surface area contributed by atoms with Crippen LogP contribution in [0.4, 0.5) is 11.4 Å². The lowest BCUT2D eigenvalue weighted by atomic mass is 10.1. The highest BCUT2D eigenvalue weighted by atomic mass is 32.2. The quantitative estimate of drug-likeness (QED) is 0.342. The van der Waals surface area contributed by atoms with E-state index in [0.717, 1.165) is 16.3 Å². The second kappa shape index (κ2) is 9.79. The van der Waals surface area contributed by atoms with Crippen LogP contribution in [0.2, 0.25) is 0 Å². The van der Waals surface area contributed by atoms with Gasteiger partial charge in [0.15, 0.2) is 0 Å². The molecule has 11 heteroatoms. The summed E-state index contributed by atoms with van der Waals surface area (Å²) in [5, 5.41) is 13.8. The molecule has 0 aliphatic carbocycles. The molecule has 0 saturated carbocycles. The maximum absolute atomic E-state index is 12.5. The van der Waals surface area contributed by atoms with Crippen molar-refractivity contribution in [3.8, 4) is 0 Å². The summed E-state index contributed by atoms with van der Waals surface area (Å²) < 4.78 is 30.9. The van der Waals surface area contributed by atoms with E-state index in [1.165, 1.54) is 25.1 Å². The van der Waals surface area contributed by atoms with Gasteiger partial charge >= 0.3 is 0 Å². The van der Waals surface area contributed by atoms with E-state index in [9.17, 15) is 23.3 Å². The number of thioether (sulfide) groups is 1. The van der Waals surface area contributed by atoms with Crippen LogP contribution in [0.15, 0.2) is 41.0 Å². The third kappa shape index (κ3) is 6.23. The van der Waals surface area contributed by atoms with Gasteiger partial charge in [-0.3, -0.25) is 19.2 Å². The van der Waals surface area contributed by atoms with Crippen LogP contribution >= 0.6 is 11.8 Å². The molecule has 1 aromatic heterocycles. The molecule has 1 unspecified atom stereocenters. The maximum atomic E-state index is 12.5. The van der Waals surface area contributed by atoms with E-state index >= 15 is 0 Å². The minimum Gasteiger partial charge on any atom is -0.468 e. The number of hydrogen-bond acceptors (Lipinski definition) is 7. The number of carbonyl (C=O) groups excluding carboxylic acids is 1. The van der Waals surface area contributed by atoms with Crippen molar-refractivity contribution < 1.29 is 22.6 Å². The second-order valence-corrected chi connectivity index (χ2v) is 9.35. The zero-order valence-electron chi connectivity index (χ0n) is 16.3. The van der Waals surface area contributed by atoms with Crippen molar-refractivity contribution in [3.05, 3.63) is 58.0 Å². The van der Waals surface area contributed by atoms with Crippen molar-refractivity contribution in [2.45, 2.75) is 25.6 Å². The summed E-state index contributed by atoms with van der Waals surface area (Å²) in [6.45, 7) is 3.43. The first-order valence-corrected chi connectivity index (χ1v) is 11.7. The zero-order chi connectivity index (χ0) is 21.6. The maximum Gasteiger partial charge on any atom is 0.271 e. The third-order valence-electron chi connectivity index (χ3n) is 4.10. The largest absolute Gasteiger partial charge is 0.468 e. The number of rotatable bonds is 10. The van der Waals surface area contributed by atoms with Gasteiger partial charge in [-0.15, -0.1) is 0 Å². The lowest BCUT2D eigenvalue weighted by molar-refractivity contribution is -0.384. The predicted molar refractivity (Wildman–Crippen MR) is 112 cm³/mol. The molecule has 2 aromatic rings. The topological polar surface area (TPSA) is 123 Å². The standard InChI is InChI=1S/C18H23N3O6S2/c1-13-6-7-15(21(23)24)11-17(13)20(29(3,25)26)14(2)18(22)19-8-10-28-12-16-5-4-9-27-16/h4-7,9,11,14H,8,10,12H2,1-3H3,(H,19,22). The van der Waals surface area contributed by atoms with Crippen LogP contribution in [-0.4, -0.2) is 43.8 Å². The van der Waals surface area contributed by atoms with E-state index in [1.807, 2.05) is 6.07 Å². The Hall–Kier alpha value is -2.53. The molecule has 0 aliphatic heterocycles. The number of furan rings is 1. The van der Waals surface area contributed by atoms with E-state index in [1.54, 1.807) is 31.0 Å². The van der Waals surface area contributed by atoms with Gasteiger partial charge in [0.1, 0.15) is 11.8 Å². The summed E-state index contributed by atoms with van der Waals surface area (Å²) in [6.07, 6.45) is 2.56. The third-order valence-corrected chi connectivity index (χ3v) is 6.31. The van der Waals surface area contributed by atoms with E-state index in [4.69, 9.17) is 4.42 Å². The molecule has 1 aromatic carbocycles. The van der Waals surface area contributed by atoms with Crippen molar-refractivity contribution in [1.29, 1.82) is 0 Å². The van der Waals surface area contributed by atoms with Crippen LogP contribution in [0.1, 0.15) is 18.2 Å². The smallest absolute Gasteiger partial charge is 0.271 e. The van der Waals surface area contributed by atoms with Crippen molar-refractivity contribution in [2.24, 2.45) is 0 Å². The minimum absolute atomic E-state index is 0.108. The molecule has 2 rings (SSSR count). The van der Waals surface area contributed by atoms with Crippen LogP contribution in [-0.2, 0) is 20.6 Å². The number of nitrogens with zero attached hydrogens (tertiary/aromatic N) is 2. The number of aryl methyl sites for hydroxylation is 1. The highest BCUT2D eigenvalue weighted by Crippen LogP contribution is 2.29. The lowest BCUT2D eigenvalue weighted by Gasteiger charge is -2.29. The number of nitrogens with one attached hydrogen (secondary N) is 1. The van der Waals surface area contributed by atoms with Gasteiger partial charge < -0.3 is 9.73 Å². The van der Waals surface area contributed by atoms with Crippen LogP contribution in [0.5, 0.6) is 0 Å². The average molecular weight is 442 g/mol. The molecule has 158 valence electrons. The van der Waals surface area contributed by atoms with E-state index in [0.29, 0.717) is 23.6 Å². The average Bonchev–Trinajstić information content (AvgIpc) is 3.15. The summed E-state index contributed by atoms with van der Waals surface area (Å²) in [5.74, 6) is 1.63. The Kier molecular flexibility index (Phi) is 7.68. The fourth-order valence-electron chi connectivity index (χ4n) is 2.69. The monoisotopic (exact) mass is 441 g/mol. The van der Waals surface area contributed by atoms with Crippen LogP contribution in [0, 0.1) is 17.0 Å². The van der Waals surface area contributed by atoms with E-state index < -0.39 is 26.9 Å². The Balaban J connectivity index is 2.07. The Morgan fingerprint density at radius 3 is 2.69 bits per heavy atom. The van der Waals surface area contributed by atoms with Gasteiger partial charge in [0.05, 0.1) is 28.9 Å². The van der Waals surface area contributed by atoms with Gasteiger partial charge in [-0.1, -0.05) is 6.07 Å². The van der Waals surface area contributed by atoms with Crippen molar-refractivity contribution in [1.82, 2.24) is 5.32 Å². The molecule has 1 amide bonds. The molecule has 0 saturated heterocycles. The fourth-order valence-corrected chi connectivity index (χ4v) is 4.67. The molecule has 0 bridgehead atoms. The summed E-state index contributed by atoms with van der Waals surface area (Å²) in [5.41, 5.74) is 0.368. The summed E-state index contributed by atoms with van der Waals surface area (Å²) >= 11 is 1.57. The molecule has 29 heavy (non-hydrogen) atoms. The molecule has 0 aliphatic rings. The van der Waals surface area contributed by atoms with Gasteiger partial charge in [-0.05, 0) is 31.5 Å². The highest BCUT2D eigenvalue weighted by Gasteiger charge is 2.31. The number of nitro groups is 1. The number of nitro benzene ring substituents is 1. The SMILES string of the molecule is Cc1ccc([N+](=O)[O-])cc1N(C(C)C(=O)NCCSCc1ccco1)S(C)(=O)=O. The van der Waals surface area contributed by atoms with Crippen LogP contribution in [0.3, 0.4) is 0 Å². The number of hydrogen-bond donors (Lipinski definition) is 1. The number of benzene rings is 1. The van der Waals surface area contributed by atoms with Gasteiger partial charge in [-0.2, -0.15) is 11.8 Å². The predicted octanol–water partition coefficient (Wildman–Crippen LogP) is 2.70. The lowest BCUT2D eigenvalue weighted by Crippen LogP contribution is -2.48. The number of amides is 1. The Morgan fingerprint density at radius 1 is 1.38 bits per heavy atom. The molecular weight excluding hydrogens is 418 g/mol. The minimum atomic E-state index is -3.86. The molecule has 0 spiro atoms. The normalized spacial score (nSPS) is 12.4. The molecule has 9 nitrogen and oxygen atoms in total. The van der Waals surface area contributed by atoms with Crippen LogP contribution in [0.25, 0.3) is 0 Å². The molecule has 0 fully saturated rings. The molecule has 0 radical (unpaired) electrons. The van der Waals surface area contributed by atoms with Gasteiger partial charge in [0.25, 0.3) is 5.69 Å². The highest BCUT2D eigenvalue weighted by molar-refractivity contribution is 7.98. The Labute approximate surface area is 173 Å². The van der Waals surface area contributed by atoms with Gasteiger partial charge in [-0.25, -0.2) is 8.42 Å². The van der Waals surface area contributed by atoms with Gasteiger partial charge in [0.2, 0.25) is 15.9 Å². The second-order valence-electron chi connectivity index (χ2n) is 6.39. The van der Waals surface area contributed by atoms with Crippen LogP contribution < -0.4 is 9.62 Å². The Morgan fingerprint density at radius 2 is 2.10 bits per heavy atom. The molecule has 1 N–H and O–H groups in total. The molecular formula is C18H23N3O6S2. The van der Waals surface area contributed by atoms with Crippen molar-refractivity contribution in [3.63, 3.8) is 0 Å². The summed E-state index contributed by atoms with van der Waals surface area (Å²) in [7, 11) is -3.86. The zero-order valence-corrected chi connectivity index (χ0v) is 18.0. The fraction of sp³-hybridized carbons (Fsp3) is 0.389. The number of anilines is 1. The summed E-state index contributed by atoms with van der Waals surface area (Å²) in [6, 6.07) is 6.51. The van der Waals surface area contributed by atoms with Crippen molar-refractivity contribution in [2.75, 3.05) is 22.9 Å². The molecule has 1 heterocycles. The van der Waals surface area contributed by atoms with E-state index in [2.05, 4.69) is 5.32 Å². The van der Waals surface area contributed by atoms with Gasteiger partial charge in [0, 0.05) is 24.4 Å². The summed E-state index contributed by atoms with van der Waals surface area (Å²) in [4.78, 5) is 23.0. The first-order valence-electron chi connectivity index (χ1n) is 8.73. The number of sulfonamides is 1. The first-order chi connectivity index (χ1) is 13.6. The Bertz CT molecular complexity index is 960. The number of carbonyl (C=O) groups is 1. The van der Waals surface area contributed by atoms with Crippen molar-refractivity contribution >= 4 is 39.1 Å². The van der Waals surface area contributed by atoms with E-state index in [-0.39, 0.29) is 11.4 Å². The first kappa shape index (κ1) is 22.8.